The number of hydrogen-bond donors (Lipinski definition) is 0. The van der Waals surface area contributed by atoms with E-state index in [1.807, 2.05) is 54.6 Å². The number of hydrogen-bond acceptors (Lipinski definition) is 5. The lowest BCUT2D eigenvalue weighted by Gasteiger charge is -2.21. The van der Waals surface area contributed by atoms with Crippen molar-refractivity contribution < 1.29 is 4.42 Å². The first kappa shape index (κ1) is 30.6. The smallest absolute Gasteiger partial charge is 0.227 e. The average molecular weight is 693 g/mol. The first-order chi connectivity index (χ1) is 26.5. The molecule has 0 unspecified atom stereocenters. The molecule has 54 heavy (non-hydrogen) atoms. The van der Waals surface area contributed by atoms with E-state index in [2.05, 4.69) is 117 Å². The number of oxazole rings is 1. The quantitative estimate of drug-likeness (QED) is 0.172. The van der Waals surface area contributed by atoms with Gasteiger partial charge < -0.3 is 4.42 Å². The zero-order valence-electron chi connectivity index (χ0n) is 29.7. The van der Waals surface area contributed by atoms with Crippen molar-refractivity contribution in [3.05, 3.63) is 169 Å². The minimum atomic E-state index is -0.0755. The highest BCUT2D eigenvalue weighted by Crippen LogP contribution is 2.49. The lowest BCUT2D eigenvalue weighted by molar-refractivity contribution is 0.623. The highest BCUT2D eigenvalue weighted by molar-refractivity contribution is 6.26. The molecule has 11 rings (SSSR count). The molecule has 0 bridgehead atoms. The monoisotopic (exact) mass is 692 g/mol. The maximum Gasteiger partial charge on any atom is 0.227 e. The van der Waals surface area contributed by atoms with Crippen molar-refractivity contribution in [3.63, 3.8) is 0 Å². The van der Waals surface area contributed by atoms with Crippen LogP contribution in [0.2, 0.25) is 0 Å². The molecule has 0 saturated carbocycles. The molecular formula is C49H32N4O. The predicted molar refractivity (Wildman–Crippen MR) is 219 cm³/mol. The highest BCUT2D eigenvalue weighted by atomic mass is 16.3. The maximum atomic E-state index is 6.55. The summed E-state index contributed by atoms with van der Waals surface area (Å²) in [6.45, 7) is 4.60. The molecule has 1 aliphatic rings. The fourth-order valence-electron chi connectivity index (χ4n) is 8.40. The zero-order valence-corrected chi connectivity index (χ0v) is 29.7. The third kappa shape index (κ3) is 4.65. The van der Waals surface area contributed by atoms with Crippen molar-refractivity contribution in [1.82, 2.24) is 19.9 Å². The third-order valence-electron chi connectivity index (χ3n) is 11.1. The summed E-state index contributed by atoms with van der Waals surface area (Å²) in [6.07, 6.45) is 0. The van der Waals surface area contributed by atoms with Gasteiger partial charge in [0.25, 0.3) is 0 Å². The zero-order chi connectivity index (χ0) is 36.0. The van der Waals surface area contributed by atoms with E-state index < -0.39 is 0 Å². The topological polar surface area (TPSA) is 64.7 Å². The largest absolute Gasteiger partial charge is 0.435 e. The van der Waals surface area contributed by atoms with Gasteiger partial charge in [-0.15, -0.1) is 0 Å². The molecule has 0 aliphatic heterocycles. The normalized spacial score (nSPS) is 13.1. The van der Waals surface area contributed by atoms with E-state index in [1.54, 1.807) is 0 Å². The van der Waals surface area contributed by atoms with Gasteiger partial charge in [-0.2, -0.15) is 0 Å². The van der Waals surface area contributed by atoms with Crippen LogP contribution in [0.1, 0.15) is 25.0 Å². The summed E-state index contributed by atoms with van der Waals surface area (Å²) in [5.74, 6) is 2.54. The van der Waals surface area contributed by atoms with Gasteiger partial charge in [-0.1, -0.05) is 141 Å². The summed E-state index contributed by atoms with van der Waals surface area (Å²) in [4.78, 5) is 20.2. The Morgan fingerprint density at radius 2 is 1.00 bits per heavy atom. The van der Waals surface area contributed by atoms with Crippen LogP contribution < -0.4 is 0 Å². The lowest BCUT2D eigenvalue weighted by Crippen LogP contribution is -2.14. The van der Waals surface area contributed by atoms with Crippen molar-refractivity contribution in [1.29, 1.82) is 0 Å². The van der Waals surface area contributed by atoms with Crippen LogP contribution in [-0.4, -0.2) is 19.9 Å². The Morgan fingerprint density at radius 1 is 0.426 bits per heavy atom. The van der Waals surface area contributed by atoms with Crippen molar-refractivity contribution >= 4 is 43.4 Å². The predicted octanol–water partition coefficient (Wildman–Crippen LogP) is 12.4. The second kappa shape index (κ2) is 11.5. The number of aromatic nitrogens is 4. The first-order valence-corrected chi connectivity index (χ1v) is 18.3. The molecule has 2 aromatic heterocycles. The van der Waals surface area contributed by atoms with Crippen molar-refractivity contribution in [3.8, 4) is 56.7 Å². The summed E-state index contributed by atoms with van der Waals surface area (Å²) >= 11 is 0. The van der Waals surface area contributed by atoms with Crippen molar-refractivity contribution in [2.45, 2.75) is 19.3 Å². The van der Waals surface area contributed by atoms with Gasteiger partial charge in [0.2, 0.25) is 5.89 Å². The molecule has 10 aromatic rings. The van der Waals surface area contributed by atoms with Crippen LogP contribution in [0.15, 0.2) is 162 Å². The second-order valence-electron chi connectivity index (χ2n) is 14.7. The molecule has 5 nitrogen and oxygen atoms in total. The molecule has 254 valence electrons. The van der Waals surface area contributed by atoms with E-state index in [-0.39, 0.29) is 5.41 Å². The van der Waals surface area contributed by atoms with E-state index in [0.29, 0.717) is 23.4 Å². The van der Waals surface area contributed by atoms with Crippen LogP contribution >= 0.6 is 0 Å². The van der Waals surface area contributed by atoms with Crippen molar-refractivity contribution in [2.75, 3.05) is 0 Å². The Bertz CT molecular complexity index is 3130. The Kier molecular flexibility index (Phi) is 6.53. The molecule has 0 N–H and O–H groups in total. The van der Waals surface area contributed by atoms with Gasteiger partial charge in [0.05, 0.1) is 0 Å². The number of rotatable bonds is 4. The summed E-state index contributed by atoms with van der Waals surface area (Å²) < 4.78 is 6.55. The van der Waals surface area contributed by atoms with Gasteiger partial charge in [0.15, 0.2) is 23.1 Å². The van der Waals surface area contributed by atoms with E-state index in [9.17, 15) is 0 Å². The van der Waals surface area contributed by atoms with Gasteiger partial charge in [0.1, 0.15) is 5.52 Å². The Hall–Kier alpha value is -6.98. The summed E-state index contributed by atoms with van der Waals surface area (Å²) in [5.41, 5.74) is 10.5. The molecule has 1 aliphatic carbocycles. The van der Waals surface area contributed by atoms with Crippen LogP contribution in [0.25, 0.3) is 100 Å². The number of fused-ring (bicyclic) bond motifs is 10. The fraction of sp³-hybridized carbons (Fsp3) is 0.0612. The Balaban J connectivity index is 1.09. The average Bonchev–Trinajstić information content (AvgIpc) is 3.77. The minimum absolute atomic E-state index is 0.0755. The van der Waals surface area contributed by atoms with E-state index >= 15 is 0 Å². The molecule has 0 amide bonds. The molecule has 5 heteroatoms. The van der Waals surface area contributed by atoms with Gasteiger partial charge in [0, 0.05) is 38.4 Å². The van der Waals surface area contributed by atoms with Gasteiger partial charge >= 0.3 is 0 Å². The summed E-state index contributed by atoms with van der Waals surface area (Å²) in [6, 6.07) is 55.0. The highest BCUT2D eigenvalue weighted by Gasteiger charge is 2.35. The van der Waals surface area contributed by atoms with Gasteiger partial charge in [-0.05, 0) is 74.1 Å². The fourth-order valence-corrected chi connectivity index (χ4v) is 8.40. The lowest BCUT2D eigenvalue weighted by atomic mass is 9.82. The Morgan fingerprint density at radius 3 is 1.76 bits per heavy atom. The summed E-state index contributed by atoms with van der Waals surface area (Å²) in [7, 11) is 0. The molecule has 2 heterocycles. The molecule has 0 radical (unpaired) electrons. The summed E-state index contributed by atoms with van der Waals surface area (Å²) in [5, 5.41) is 6.67. The molecule has 0 fully saturated rings. The van der Waals surface area contributed by atoms with Crippen molar-refractivity contribution in [2.24, 2.45) is 0 Å². The first-order valence-electron chi connectivity index (χ1n) is 18.3. The van der Waals surface area contributed by atoms with Crippen LogP contribution in [0, 0.1) is 0 Å². The molecule has 0 atom stereocenters. The van der Waals surface area contributed by atoms with Crippen LogP contribution in [0.4, 0.5) is 0 Å². The maximum absolute atomic E-state index is 6.55. The van der Waals surface area contributed by atoms with E-state index in [0.717, 1.165) is 65.7 Å². The van der Waals surface area contributed by atoms with E-state index in [4.69, 9.17) is 24.4 Å². The second-order valence-corrected chi connectivity index (χ2v) is 14.7. The Labute approximate surface area is 311 Å². The minimum Gasteiger partial charge on any atom is -0.435 e. The SMILES string of the molecule is CC1(C)c2ccccc2-c2cc(-c3nc(-c4ccccc4)nc(-c4ccc5c(ccc6ccc7ccc8nc(-c9ccccc9)oc8c7c65)c4)n3)ccc21. The number of benzene rings is 8. The van der Waals surface area contributed by atoms with Crippen LogP contribution in [-0.2, 0) is 5.41 Å². The molecule has 0 spiro atoms. The molecule has 0 saturated heterocycles. The molecular weight excluding hydrogens is 661 g/mol. The van der Waals surface area contributed by atoms with Gasteiger partial charge in [-0.25, -0.2) is 19.9 Å². The van der Waals surface area contributed by atoms with E-state index in [1.165, 1.54) is 22.3 Å². The third-order valence-corrected chi connectivity index (χ3v) is 11.1. The van der Waals surface area contributed by atoms with Crippen LogP contribution in [0.5, 0.6) is 0 Å². The standard InChI is InChI=1S/C49H32N4O/c1-49(2)39-16-10-9-15-37(39)38-28-35(22-25-40(38)49)47-52-45(31-11-5-3-6-12-31)51-46(53-47)34-21-24-36-33(27-34)20-19-29-17-18-30-23-26-41-44(43(30)42(29)36)54-48(50-41)32-13-7-4-8-14-32/h3-28H,1-2H3. The van der Waals surface area contributed by atoms with Gasteiger partial charge in [-0.3, -0.25) is 0 Å². The molecule has 8 aromatic carbocycles. The number of nitrogens with zero attached hydrogens (tertiary/aromatic N) is 4. The van der Waals surface area contributed by atoms with Crippen LogP contribution in [0.3, 0.4) is 0 Å².